The van der Waals surface area contributed by atoms with Gasteiger partial charge in [-0.25, -0.2) is 4.39 Å². The molecular weight excluding hydrogens is 230 g/mol. The highest BCUT2D eigenvalue weighted by atomic mass is 35.5. The molecule has 0 aliphatic rings. The van der Waals surface area contributed by atoms with Crippen LogP contribution in [0.4, 0.5) is 4.39 Å². The van der Waals surface area contributed by atoms with Crippen LogP contribution < -0.4 is 0 Å². The Bertz CT molecular complexity index is 355. The van der Waals surface area contributed by atoms with E-state index in [0.717, 1.165) is 6.07 Å². The Labute approximate surface area is 90.6 Å². The molecule has 0 fully saturated rings. The van der Waals surface area contributed by atoms with Crippen molar-refractivity contribution in [3.8, 4) is 0 Å². The van der Waals surface area contributed by atoms with Crippen LogP contribution in [0.25, 0.3) is 0 Å². The first-order valence-electron chi connectivity index (χ1n) is 3.72. The molecule has 0 spiro atoms. The summed E-state index contributed by atoms with van der Waals surface area (Å²) in [6.07, 6.45) is 0. The lowest BCUT2D eigenvalue weighted by Gasteiger charge is -2.06. The van der Waals surface area contributed by atoms with E-state index < -0.39 is 17.2 Å². The minimum Gasteiger partial charge on any atom is -0.358 e. The predicted molar refractivity (Wildman–Crippen MR) is 52.4 cm³/mol. The third-order valence-corrected chi connectivity index (χ3v) is 2.22. The van der Waals surface area contributed by atoms with Gasteiger partial charge in [0.1, 0.15) is 5.82 Å². The first-order chi connectivity index (χ1) is 6.56. The number of alkyl halides is 1. The van der Waals surface area contributed by atoms with Crippen molar-refractivity contribution in [1.29, 1.82) is 0 Å². The molecule has 0 aliphatic heterocycles. The van der Waals surface area contributed by atoms with Gasteiger partial charge in [0.05, 0.1) is 5.56 Å². The summed E-state index contributed by atoms with van der Waals surface area (Å²) in [6.45, 7) is 0. The number of ether oxygens (including phenoxy) is 1. The van der Waals surface area contributed by atoms with Crippen molar-refractivity contribution in [2.24, 2.45) is 0 Å². The first-order valence-corrected chi connectivity index (χ1v) is 4.54. The standard InChI is InChI=1S/C9H7Cl2FO2/c1-14-9(11)8(13)6-3-2-5(10)4-7(6)12/h2-4,9H,1H3. The highest BCUT2D eigenvalue weighted by Crippen LogP contribution is 2.17. The van der Waals surface area contributed by atoms with Crippen LogP contribution in [0.1, 0.15) is 10.4 Å². The molecule has 1 unspecified atom stereocenters. The second-order valence-electron chi connectivity index (χ2n) is 2.54. The number of rotatable bonds is 3. The van der Waals surface area contributed by atoms with Gasteiger partial charge < -0.3 is 4.74 Å². The zero-order chi connectivity index (χ0) is 10.7. The average Bonchev–Trinajstić information content (AvgIpc) is 2.15. The minimum absolute atomic E-state index is 0.128. The van der Waals surface area contributed by atoms with Crippen LogP contribution in [-0.4, -0.2) is 18.5 Å². The molecule has 0 heterocycles. The van der Waals surface area contributed by atoms with Crippen molar-refractivity contribution in [2.45, 2.75) is 5.56 Å². The van der Waals surface area contributed by atoms with E-state index >= 15 is 0 Å². The Balaban J connectivity index is 3.02. The summed E-state index contributed by atoms with van der Waals surface area (Å²) < 4.78 is 17.7. The molecule has 0 amide bonds. The molecule has 0 saturated heterocycles. The van der Waals surface area contributed by atoms with E-state index in [0.29, 0.717) is 0 Å². The third-order valence-electron chi connectivity index (χ3n) is 1.61. The summed E-state index contributed by atoms with van der Waals surface area (Å²) in [6, 6.07) is 3.74. The summed E-state index contributed by atoms with van der Waals surface area (Å²) in [4.78, 5) is 11.4. The van der Waals surface area contributed by atoms with Crippen LogP contribution in [0.15, 0.2) is 18.2 Å². The highest BCUT2D eigenvalue weighted by Gasteiger charge is 2.19. The molecule has 5 heteroatoms. The Hall–Kier alpha value is -0.640. The molecule has 2 nitrogen and oxygen atoms in total. The number of hydrogen-bond donors (Lipinski definition) is 0. The SMILES string of the molecule is COC(Cl)C(=O)c1ccc(Cl)cc1F. The second-order valence-corrected chi connectivity index (χ2v) is 3.37. The molecule has 0 bridgehead atoms. The number of carbonyl (C=O) groups is 1. The van der Waals surface area contributed by atoms with Gasteiger partial charge in [0, 0.05) is 12.1 Å². The third kappa shape index (κ3) is 2.44. The molecule has 1 rings (SSSR count). The van der Waals surface area contributed by atoms with Crippen LogP contribution in [0.2, 0.25) is 5.02 Å². The molecule has 0 aromatic heterocycles. The van der Waals surface area contributed by atoms with Gasteiger partial charge in [-0.05, 0) is 18.2 Å². The number of halogens is 3. The summed E-state index contributed by atoms with van der Waals surface area (Å²) in [5.41, 5.74) is -1.30. The van der Waals surface area contributed by atoms with Gasteiger partial charge in [-0.3, -0.25) is 4.79 Å². The zero-order valence-electron chi connectivity index (χ0n) is 7.26. The van der Waals surface area contributed by atoms with E-state index in [1.54, 1.807) is 0 Å². The van der Waals surface area contributed by atoms with Gasteiger partial charge in [-0.1, -0.05) is 23.2 Å². The van der Waals surface area contributed by atoms with E-state index in [4.69, 9.17) is 23.2 Å². The quantitative estimate of drug-likeness (QED) is 0.596. The minimum atomic E-state index is -1.18. The molecule has 0 saturated carbocycles. The molecule has 0 aliphatic carbocycles. The van der Waals surface area contributed by atoms with Crippen LogP contribution >= 0.6 is 23.2 Å². The van der Waals surface area contributed by atoms with Gasteiger partial charge in [0.15, 0.2) is 5.56 Å². The van der Waals surface area contributed by atoms with Gasteiger partial charge in [-0.15, -0.1) is 0 Å². The Morgan fingerprint density at radius 1 is 1.57 bits per heavy atom. The summed E-state index contributed by atoms with van der Waals surface area (Å²) in [5, 5.41) is 0.225. The van der Waals surface area contributed by atoms with Crippen LogP contribution in [0.5, 0.6) is 0 Å². The summed E-state index contributed by atoms with van der Waals surface area (Å²) in [7, 11) is 1.27. The Kier molecular flexibility index (Phi) is 3.86. The first kappa shape index (κ1) is 11.4. The largest absolute Gasteiger partial charge is 0.358 e. The fourth-order valence-corrected chi connectivity index (χ4v) is 1.19. The van der Waals surface area contributed by atoms with E-state index in [9.17, 15) is 9.18 Å². The van der Waals surface area contributed by atoms with Crippen molar-refractivity contribution in [1.82, 2.24) is 0 Å². The number of Topliss-reactive ketones (excluding diaryl/α,β-unsaturated/α-hetero) is 1. The summed E-state index contributed by atoms with van der Waals surface area (Å²) >= 11 is 11.0. The molecule has 0 N–H and O–H groups in total. The normalized spacial score (nSPS) is 12.6. The van der Waals surface area contributed by atoms with Gasteiger partial charge in [-0.2, -0.15) is 0 Å². The number of benzene rings is 1. The maximum atomic E-state index is 13.2. The molecule has 1 aromatic carbocycles. The fourth-order valence-electron chi connectivity index (χ4n) is 0.919. The second kappa shape index (κ2) is 4.73. The molecule has 1 aromatic rings. The van der Waals surface area contributed by atoms with Crippen LogP contribution in [-0.2, 0) is 4.74 Å². The zero-order valence-corrected chi connectivity index (χ0v) is 8.77. The predicted octanol–water partition coefficient (Wildman–Crippen LogP) is 2.87. The van der Waals surface area contributed by atoms with E-state index in [2.05, 4.69) is 4.74 Å². The molecule has 76 valence electrons. The topological polar surface area (TPSA) is 26.3 Å². The van der Waals surface area contributed by atoms with Crippen molar-refractivity contribution < 1.29 is 13.9 Å². The monoisotopic (exact) mass is 236 g/mol. The number of carbonyl (C=O) groups excluding carboxylic acids is 1. The van der Waals surface area contributed by atoms with E-state index in [1.807, 2.05) is 0 Å². The van der Waals surface area contributed by atoms with Crippen molar-refractivity contribution in [2.75, 3.05) is 7.11 Å². The Morgan fingerprint density at radius 2 is 2.21 bits per heavy atom. The number of ketones is 1. The van der Waals surface area contributed by atoms with Gasteiger partial charge in [0.25, 0.3) is 0 Å². The van der Waals surface area contributed by atoms with Crippen molar-refractivity contribution in [3.63, 3.8) is 0 Å². The van der Waals surface area contributed by atoms with Crippen molar-refractivity contribution >= 4 is 29.0 Å². The lowest BCUT2D eigenvalue weighted by atomic mass is 10.1. The maximum absolute atomic E-state index is 13.2. The molecule has 14 heavy (non-hydrogen) atoms. The number of methoxy groups -OCH3 is 1. The average molecular weight is 237 g/mol. The van der Waals surface area contributed by atoms with E-state index in [1.165, 1.54) is 19.2 Å². The molecule has 1 atom stereocenters. The van der Waals surface area contributed by atoms with Crippen molar-refractivity contribution in [3.05, 3.63) is 34.6 Å². The van der Waals surface area contributed by atoms with Gasteiger partial charge >= 0.3 is 0 Å². The van der Waals surface area contributed by atoms with Crippen LogP contribution in [0.3, 0.4) is 0 Å². The smallest absolute Gasteiger partial charge is 0.209 e. The lowest BCUT2D eigenvalue weighted by Crippen LogP contribution is -2.17. The van der Waals surface area contributed by atoms with E-state index in [-0.39, 0.29) is 10.6 Å². The van der Waals surface area contributed by atoms with Crippen LogP contribution in [0, 0.1) is 5.82 Å². The summed E-state index contributed by atoms with van der Waals surface area (Å²) in [5.74, 6) is -1.33. The highest BCUT2D eigenvalue weighted by molar-refractivity contribution is 6.33. The molecule has 0 radical (unpaired) electrons. The fraction of sp³-hybridized carbons (Fsp3) is 0.222. The lowest BCUT2D eigenvalue weighted by molar-refractivity contribution is 0.0777. The number of hydrogen-bond acceptors (Lipinski definition) is 2. The maximum Gasteiger partial charge on any atom is 0.209 e. The van der Waals surface area contributed by atoms with Gasteiger partial charge in [0.2, 0.25) is 5.78 Å². The molecular formula is C9H7Cl2FO2. The Morgan fingerprint density at radius 3 is 2.71 bits per heavy atom.